The van der Waals surface area contributed by atoms with E-state index in [0.29, 0.717) is 0 Å². The molecule has 42 valence electrons. The summed E-state index contributed by atoms with van der Waals surface area (Å²) in [6.07, 6.45) is 0. The summed E-state index contributed by atoms with van der Waals surface area (Å²) < 4.78 is -0.273. The molecular formula is C3H4I2OS. The number of hydrogen-bond acceptors (Lipinski definition) is 1. The maximum Gasteiger partial charge on any atom is 0.182 e. The molecule has 0 aromatic carbocycles. The third-order valence-electron chi connectivity index (χ3n) is 0.376. The van der Waals surface area contributed by atoms with Crippen LogP contribution in [0.4, 0.5) is 0 Å². The zero-order chi connectivity index (χ0) is 6.08. The van der Waals surface area contributed by atoms with E-state index in [1.54, 1.807) is 0 Å². The summed E-state index contributed by atoms with van der Waals surface area (Å²) in [7, 11) is 0. The third-order valence-corrected chi connectivity index (χ3v) is 2.54. The number of aliphatic hydroxyl groups excluding tert-OH is 1. The fourth-order valence-electron chi connectivity index (χ4n) is 0. The van der Waals surface area contributed by atoms with Crippen LogP contribution in [0.5, 0.6) is 0 Å². The lowest BCUT2D eigenvalue weighted by atomic mass is 10.5. The first-order valence-electron chi connectivity index (χ1n) is 1.56. The molecule has 0 aliphatic carbocycles. The van der Waals surface area contributed by atoms with Crippen molar-refractivity contribution in [2.45, 2.75) is 8.35 Å². The number of thiocarbonyl (C=S) groups is 1. The van der Waals surface area contributed by atoms with Crippen LogP contribution in [-0.4, -0.2) is 11.6 Å². The van der Waals surface area contributed by atoms with Crippen LogP contribution in [0.15, 0.2) is 0 Å². The number of alkyl halides is 2. The van der Waals surface area contributed by atoms with Gasteiger partial charge in [-0.3, -0.25) is 0 Å². The highest BCUT2D eigenvalue weighted by Gasteiger charge is 2.19. The fourth-order valence-corrected chi connectivity index (χ4v) is 0. The highest BCUT2D eigenvalue weighted by molar-refractivity contribution is 14.2. The van der Waals surface area contributed by atoms with Gasteiger partial charge in [-0.2, -0.15) is 0 Å². The van der Waals surface area contributed by atoms with Crippen molar-refractivity contribution >= 4 is 62.5 Å². The van der Waals surface area contributed by atoms with Gasteiger partial charge in [0.1, 0.15) is 1.43 Å². The Bertz CT molecular complexity index is 85.4. The monoisotopic (exact) mass is 342 g/mol. The summed E-state index contributed by atoms with van der Waals surface area (Å²) in [6, 6.07) is 0. The summed E-state index contributed by atoms with van der Waals surface area (Å²) in [5, 5.41) is 8.66. The molecule has 0 aromatic rings. The molecule has 0 rings (SSSR count). The SMILES string of the molecule is CC(I)(I)C(O)=S. The Morgan fingerprint density at radius 3 is 1.86 bits per heavy atom. The first kappa shape index (κ1) is 8.35. The minimum atomic E-state index is -0.273. The third kappa shape index (κ3) is 3.89. The van der Waals surface area contributed by atoms with E-state index in [1.165, 1.54) is 0 Å². The molecule has 0 aromatic heterocycles. The van der Waals surface area contributed by atoms with E-state index in [9.17, 15) is 0 Å². The minimum absolute atomic E-state index is 0.0497. The molecule has 1 N–H and O–H groups in total. The van der Waals surface area contributed by atoms with Crippen LogP contribution in [0, 0.1) is 0 Å². The Labute approximate surface area is 75.1 Å². The zero-order valence-corrected chi connectivity index (χ0v) is 8.74. The van der Waals surface area contributed by atoms with Crippen molar-refractivity contribution in [2.75, 3.05) is 0 Å². The van der Waals surface area contributed by atoms with Gasteiger partial charge in [0.05, 0.1) is 0 Å². The van der Waals surface area contributed by atoms with Crippen LogP contribution >= 0.6 is 57.4 Å². The van der Waals surface area contributed by atoms with Gasteiger partial charge in [0, 0.05) is 0 Å². The van der Waals surface area contributed by atoms with Gasteiger partial charge in [-0.15, -0.1) is 0 Å². The minimum Gasteiger partial charge on any atom is -0.500 e. The lowest BCUT2D eigenvalue weighted by Crippen LogP contribution is -2.16. The van der Waals surface area contributed by atoms with Gasteiger partial charge in [0.2, 0.25) is 0 Å². The van der Waals surface area contributed by atoms with E-state index >= 15 is 0 Å². The molecule has 0 amide bonds. The van der Waals surface area contributed by atoms with Gasteiger partial charge in [-0.25, -0.2) is 0 Å². The van der Waals surface area contributed by atoms with Crippen LogP contribution in [0.2, 0.25) is 0 Å². The molecule has 1 nitrogen and oxygen atoms in total. The van der Waals surface area contributed by atoms with Gasteiger partial charge in [0.15, 0.2) is 5.05 Å². The molecular weight excluding hydrogens is 338 g/mol. The smallest absolute Gasteiger partial charge is 0.182 e. The van der Waals surface area contributed by atoms with Gasteiger partial charge in [0.25, 0.3) is 0 Å². The molecule has 0 spiro atoms. The van der Waals surface area contributed by atoms with Crippen LogP contribution < -0.4 is 0 Å². The molecule has 0 aliphatic heterocycles. The average Bonchev–Trinajstić information content (AvgIpc) is 1.31. The van der Waals surface area contributed by atoms with Gasteiger partial charge in [-0.1, -0.05) is 45.2 Å². The molecule has 4 heteroatoms. The Morgan fingerprint density at radius 1 is 1.71 bits per heavy atom. The summed E-state index contributed by atoms with van der Waals surface area (Å²) in [6.45, 7) is 1.84. The second-order valence-corrected chi connectivity index (χ2v) is 7.96. The fraction of sp³-hybridized carbons (Fsp3) is 0.667. The van der Waals surface area contributed by atoms with Gasteiger partial charge >= 0.3 is 0 Å². The van der Waals surface area contributed by atoms with Gasteiger partial charge in [-0.05, 0) is 19.1 Å². The standard InChI is InChI=1S/C3H4I2OS/c1-3(4,5)2(6)7/h1H3,(H,6,7). The van der Waals surface area contributed by atoms with E-state index < -0.39 is 0 Å². The van der Waals surface area contributed by atoms with E-state index in [1.807, 2.05) is 6.92 Å². The first-order chi connectivity index (χ1) is 2.94. The summed E-state index contributed by atoms with van der Waals surface area (Å²) in [4.78, 5) is 0. The molecule has 0 fully saturated rings. The molecule has 0 atom stereocenters. The molecule has 0 radical (unpaired) electrons. The second kappa shape index (κ2) is 2.77. The molecule has 0 saturated heterocycles. The van der Waals surface area contributed by atoms with Crippen molar-refractivity contribution in [2.24, 2.45) is 0 Å². The summed E-state index contributed by atoms with van der Waals surface area (Å²) in [5.74, 6) is 0. The predicted molar refractivity (Wildman–Crippen MR) is 51.7 cm³/mol. The normalized spacial score (nSPS) is 11.3. The number of aliphatic hydroxyl groups is 1. The zero-order valence-electron chi connectivity index (χ0n) is 3.61. The first-order valence-corrected chi connectivity index (χ1v) is 4.12. The average molecular weight is 342 g/mol. The van der Waals surface area contributed by atoms with E-state index in [2.05, 4.69) is 57.4 Å². The summed E-state index contributed by atoms with van der Waals surface area (Å²) in [5.41, 5.74) is 0. The maximum atomic E-state index is 8.61. The van der Waals surface area contributed by atoms with E-state index in [4.69, 9.17) is 5.11 Å². The largest absolute Gasteiger partial charge is 0.500 e. The van der Waals surface area contributed by atoms with Crippen molar-refractivity contribution in [1.29, 1.82) is 0 Å². The predicted octanol–water partition coefficient (Wildman–Crippen LogP) is 2.46. The number of halogens is 2. The Morgan fingerprint density at radius 2 is 1.86 bits per heavy atom. The van der Waals surface area contributed by atoms with Crippen LogP contribution in [0.25, 0.3) is 0 Å². The highest BCUT2D eigenvalue weighted by Crippen LogP contribution is 2.27. The second-order valence-electron chi connectivity index (χ2n) is 1.19. The van der Waals surface area contributed by atoms with Crippen molar-refractivity contribution in [3.63, 3.8) is 0 Å². The van der Waals surface area contributed by atoms with Crippen molar-refractivity contribution in [3.8, 4) is 0 Å². The molecule has 0 saturated carbocycles. The van der Waals surface area contributed by atoms with Crippen molar-refractivity contribution in [1.82, 2.24) is 0 Å². The Hall–Kier alpha value is 1.35. The molecule has 7 heavy (non-hydrogen) atoms. The molecule has 0 heterocycles. The Balaban J connectivity index is 3.79. The quantitative estimate of drug-likeness (QED) is 0.449. The highest BCUT2D eigenvalue weighted by atomic mass is 127. The summed E-state index contributed by atoms with van der Waals surface area (Å²) >= 11 is 8.60. The van der Waals surface area contributed by atoms with Gasteiger partial charge < -0.3 is 5.11 Å². The van der Waals surface area contributed by atoms with E-state index in [-0.39, 0.29) is 6.48 Å². The molecule has 0 aliphatic rings. The molecule has 0 bridgehead atoms. The van der Waals surface area contributed by atoms with Crippen LogP contribution in [-0.2, 0) is 0 Å². The molecule has 0 unspecified atom stereocenters. The Kier molecular flexibility index (Phi) is 3.30. The van der Waals surface area contributed by atoms with E-state index in [0.717, 1.165) is 0 Å². The van der Waals surface area contributed by atoms with Crippen molar-refractivity contribution in [3.05, 3.63) is 0 Å². The topological polar surface area (TPSA) is 20.2 Å². The van der Waals surface area contributed by atoms with Crippen LogP contribution in [0.3, 0.4) is 0 Å². The lowest BCUT2D eigenvalue weighted by molar-refractivity contribution is 0.555. The van der Waals surface area contributed by atoms with Crippen molar-refractivity contribution < 1.29 is 5.11 Å². The van der Waals surface area contributed by atoms with Crippen LogP contribution in [0.1, 0.15) is 6.92 Å². The number of hydrogen-bond donors (Lipinski definition) is 1. The maximum absolute atomic E-state index is 8.61. The number of rotatable bonds is 1. The lowest BCUT2D eigenvalue weighted by Gasteiger charge is -2.07.